The molecule has 1 N–H and O–H groups in total. The number of hydrogen-bond acceptors (Lipinski definition) is 3. The molecule has 0 atom stereocenters. The van der Waals surface area contributed by atoms with E-state index in [-0.39, 0.29) is 5.65 Å². The summed E-state index contributed by atoms with van der Waals surface area (Å²) in [6, 6.07) is 0.876. The van der Waals surface area contributed by atoms with Gasteiger partial charge in [0.2, 0.25) is 0 Å². The van der Waals surface area contributed by atoms with Crippen molar-refractivity contribution < 1.29 is 18.3 Å². The molecule has 2 heterocycles. The molecule has 2 aromatic heterocycles. The number of rotatable bonds is 1. The number of nitrogens with zero attached hydrogens (tertiary/aromatic N) is 3. The van der Waals surface area contributed by atoms with Gasteiger partial charge in [0.1, 0.15) is 0 Å². The molecule has 0 spiro atoms. The lowest BCUT2D eigenvalue weighted by Crippen LogP contribution is -2.08. The summed E-state index contributed by atoms with van der Waals surface area (Å²) in [4.78, 5) is 3.86. The summed E-state index contributed by atoms with van der Waals surface area (Å²) in [5.74, 6) is 0. The standard InChI is InChI=1S/C10H8F3N3O/c11-10(12,13)7-3-8-14-4-6(5-16(8)15-7)9(17)1-2-9/h3-5,17H,1-2H2. The van der Waals surface area contributed by atoms with Gasteiger partial charge in [-0.05, 0) is 12.8 Å². The van der Waals surface area contributed by atoms with Crippen molar-refractivity contribution in [1.29, 1.82) is 0 Å². The van der Waals surface area contributed by atoms with Crippen molar-refractivity contribution in [3.05, 3.63) is 29.7 Å². The number of hydrogen-bond donors (Lipinski definition) is 1. The second kappa shape index (κ2) is 2.98. The molecular formula is C10H8F3N3O. The summed E-state index contributed by atoms with van der Waals surface area (Å²) in [6.07, 6.45) is -0.486. The summed E-state index contributed by atoms with van der Waals surface area (Å²) in [6.45, 7) is 0. The molecule has 0 amide bonds. The third kappa shape index (κ3) is 1.66. The fourth-order valence-electron chi connectivity index (χ4n) is 1.66. The first-order chi connectivity index (χ1) is 7.88. The van der Waals surface area contributed by atoms with Crippen LogP contribution in [0.15, 0.2) is 18.5 Å². The van der Waals surface area contributed by atoms with Crippen molar-refractivity contribution in [3.8, 4) is 0 Å². The number of halogens is 3. The number of aliphatic hydroxyl groups is 1. The van der Waals surface area contributed by atoms with Crippen LogP contribution in [-0.4, -0.2) is 19.7 Å². The van der Waals surface area contributed by atoms with Crippen LogP contribution < -0.4 is 0 Å². The van der Waals surface area contributed by atoms with Crippen LogP contribution in [-0.2, 0) is 11.8 Å². The maximum absolute atomic E-state index is 12.4. The molecule has 1 saturated carbocycles. The highest BCUT2D eigenvalue weighted by molar-refractivity contribution is 5.41. The quantitative estimate of drug-likeness (QED) is 0.829. The van der Waals surface area contributed by atoms with Crippen molar-refractivity contribution >= 4 is 5.65 Å². The molecule has 1 aliphatic carbocycles. The van der Waals surface area contributed by atoms with E-state index in [4.69, 9.17) is 0 Å². The molecule has 0 aromatic carbocycles. The van der Waals surface area contributed by atoms with Gasteiger partial charge in [0.15, 0.2) is 11.3 Å². The highest BCUT2D eigenvalue weighted by atomic mass is 19.4. The maximum Gasteiger partial charge on any atom is 0.435 e. The molecular weight excluding hydrogens is 235 g/mol. The van der Waals surface area contributed by atoms with Crippen LogP contribution in [0.5, 0.6) is 0 Å². The Morgan fingerprint density at radius 2 is 2.06 bits per heavy atom. The molecule has 0 radical (unpaired) electrons. The first-order valence-electron chi connectivity index (χ1n) is 5.04. The molecule has 0 bridgehead atoms. The normalized spacial score (nSPS) is 18.6. The van der Waals surface area contributed by atoms with Gasteiger partial charge in [-0.25, -0.2) is 9.50 Å². The minimum Gasteiger partial charge on any atom is -0.385 e. The van der Waals surface area contributed by atoms with Gasteiger partial charge in [0, 0.05) is 24.0 Å². The Kier molecular flexibility index (Phi) is 1.84. The SMILES string of the molecule is OC1(c2cnc3cc(C(F)(F)F)nn3c2)CC1. The minimum absolute atomic E-state index is 0.116. The Morgan fingerprint density at radius 3 is 2.65 bits per heavy atom. The zero-order valence-corrected chi connectivity index (χ0v) is 8.57. The highest BCUT2D eigenvalue weighted by Gasteiger charge is 2.43. The molecule has 7 heteroatoms. The fraction of sp³-hybridized carbons (Fsp3) is 0.400. The Balaban J connectivity index is 2.11. The van der Waals surface area contributed by atoms with E-state index in [0.717, 1.165) is 10.6 Å². The van der Waals surface area contributed by atoms with E-state index in [1.807, 2.05) is 0 Å². The van der Waals surface area contributed by atoms with Crippen molar-refractivity contribution in [1.82, 2.24) is 14.6 Å². The lowest BCUT2D eigenvalue weighted by Gasteiger charge is -2.06. The van der Waals surface area contributed by atoms with Gasteiger partial charge >= 0.3 is 6.18 Å². The van der Waals surface area contributed by atoms with E-state index in [2.05, 4.69) is 10.1 Å². The molecule has 2 aromatic rings. The average molecular weight is 243 g/mol. The third-order valence-electron chi connectivity index (χ3n) is 2.86. The lowest BCUT2D eigenvalue weighted by atomic mass is 10.2. The van der Waals surface area contributed by atoms with Crippen molar-refractivity contribution in [3.63, 3.8) is 0 Å². The van der Waals surface area contributed by atoms with E-state index < -0.39 is 17.5 Å². The Bertz CT molecular complexity index is 583. The van der Waals surface area contributed by atoms with Crippen LogP contribution in [0.1, 0.15) is 24.1 Å². The second-order valence-corrected chi connectivity index (χ2v) is 4.20. The van der Waals surface area contributed by atoms with Gasteiger partial charge in [0.05, 0.1) is 5.60 Å². The van der Waals surface area contributed by atoms with Crippen LogP contribution in [0.4, 0.5) is 13.2 Å². The average Bonchev–Trinajstić information content (AvgIpc) is 2.85. The van der Waals surface area contributed by atoms with Gasteiger partial charge in [-0.1, -0.05) is 0 Å². The predicted octanol–water partition coefficient (Wildman–Crippen LogP) is 1.73. The zero-order valence-electron chi connectivity index (χ0n) is 8.57. The second-order valence-electron chi connectivity index (χ2n) is 4.20. The smallest absolute Gasteiger partial charge is 0.385 e. The minimum atomic E-state index is -4.48. The number of aromatic nitrogens is 3. The maximum atomic E-state index is 12.4. The van der Waals surface area contributed by atoms with Crippen molar-refractivity contribution in [2.75, 3.05) is 0 Å². The molecule has 1 fully saturated rings. The molecule has 90 valence electrons. The molecule has 0 saturated heterocycles. The number of alkyl halides is 3. The van der Waals surface area contributed by atoms with Crippen LogP contribution in [0, 0.1) is 0 Å². The van der Waals surface area contributed by atoms with Gasteiger partial charge in [-0.2, -0.15) is 18.3 Å². The van der Waals surface area contributed by atoms with E-state index >= 15 is 0 Å². The van der Waals surface area contributed by atoms with Crippen LogP contribution in [0.2, 0.25) is 0 Å². The molecule has 0 unspecified atom stereocenters. The summed E-state index contributed by atoms with van der Waals surface area (Å²) in [5.41, 5.74) is -1.29. The van der Waals surface area contributed by atoms with E-state index in [1.165, 1.54) is 12.4 Å². The molecule has 3 rings (SSSR count). The van der Waals surface area contributed by atoms with E-state index in [0.29, 0.717) is 18.4 Å². The summed E-state index contributed by atoms with van der Waals surface area (Å²) in [5, 5.41) is 13.2. The van der Waals surface area contributed by atoms with Gasteiger partial charge in [-0.3, -0.25) is 0 Å². The lowest BCUT2D eigenvalue weighted by molar-refractivity contribution is -0.141. The van der Waals surface area contributed by atoms with Crippen LogP contribution in [0.25, 0.3) is 5.65 Å². The largest absolute Gasteiger partial charge is 0.435 e. The summed E-state index contributed by atoms with van der Waals surface area (Å²) in [7, 11) is 0. The molecule has 17 heavy (non-hydrogen) atoms. The van der Waals surface area contributed by atoms with Crippen LogP contribution >= 0.6 is 0 Å². The van der Waals surface area contributed by atoms with Crippen LogP contribution in [0.3, 0.4) is 0 Å². The van der Waals surface area contributed by atoms with E-state index in [1.54, 1.807) is 0 Å². The Morgan fingerprint density at radius 1 is 1.35 bits per heavy atom. The van der Waals surface area contributed by atoms with Crippen molar-refractivity contribution in [2.24, 2.45) is 0 Å². The first kappa shape index (κ1) is 10.5. The number of fused-ring (bicyclic) bond motifs is 1. The van der Waals surface area contributed by atoms with Gasteiger partial charge in [0.25, 0.3) is 0 Å². The van der Waals surface area contributed by atoms with Gasteiger partial charge in [-0.15, -0.1) is 0 Å². The first-order valence-corrected chi connectivity index (χ1v) is 5.04. The molecule has 4 nitrogen and oxygen atoms in total. The third-order valence-corrected chi connectivity index (χ3v) is 2.86. The summed E-state index contributed by atoms with van der Waals surface area (Å²) >= 11 is 0. The topological polar surface area (TPSA) is 50.4 Å². The zero-order chi connectivity index (χ0) is 12.3. The monoisotopic (exact) mass is 243 g/mol. The van der Waals surface area contributed by atoms with E-state index in [9.17, 15) is 18.3 Å². The summed E-state index contributed by atoms with van der Waals surface area (Å²) < 4.78 is 38.3. The van der Waals surface area contributed by atoms with Crippen molar-refractivity contribution in [2.45, 2.75) is 24.6 Å². The molecule has 0 aliphatic heterocycles. The predicted molar refractivity (Wildman–Crippen MR) is 51.1 cm³/mol. The van der Waals surface area contributed by atoms with Gasteiger partial charge < -0.3 is 5.11 Å². The Hall–Kier alpha value is -1.63. The highest BCUT2D eigenvalue weighted by Crippen LogP contribution is 2.44. The fourth-order valence-corrected chi connectivity index (χ4v) is 1.66. The Labute approximate surface area is 93.7 Å². The molecule has 1 aliphatic rings.